The molecule has 1 atom stereocenters. The first-order valence-corrected chi connectivity index (χ1v) is 6.43. The Hall–Kier alpha value is 0.310. The molecular weight excluding hydrogens is 166 g/mol. The fourth-order valence-electron chi connectivity index (χ4n) is 1.95. The molecule has 2 heteroatoms. The first kappa shape index (κ1) is 10.4. The summed E-state index contributed by atoms with van der Waals surface area (Å²) in [6.45, 7) is 4.91. The van der Waals surface area contributed by atoms with Gasteiger partial charge >= 0.3 is 0 Å². The summed E-state index contributed by atoms with van der Waals surface area (Å²) in [5.74, 6) is 3.28. The highest BCUT2D eigenvalue weighted by atomic mass is 32.2. The molecule has 0 bridgehead atoms. The Morgan fingerprint density at radius 1 is 1.42 bits per heavy atom. The molecule has 1 aliphatic rings. The Kier molecular flexibility index (Phi) is 5.08. The van der Waals surface area contributed by atoms with Gasteiger partial charge in [0.1, 0.15) is 0 Å². The topological polar surface area (TPSA) is 12.0 Å². The van der Waals surface area contributed by atoms with E-state index >= 15 is 0 Å². The predicted molar refractivity (Wildman–Crippen MR) is 57.8 cm³/mol. The molecule has 1 unspecified atom stereocenters. The van der Waals surface area contributed by atoms with Gasteiger partial charge in [0.05, 0.1) is 0 Å². The number of hydrogen-bond acceptors (Lipinski definition) is 2. The first-order chi connectivity index (χ1) is 5.84. The second-order valence-corrected chi connectivity index (χ2v) is 4.83. The lowest BCUT2D eigenvalue weighted by molar-refractivity contribution is 0.271. The monoisotopic (exact) mass is 187 g/mol. The molecule has 0 aromatic carbocycles. The van der Waals surface area contributed by atoms with Gasteiger partial charge in [-0.1, -0.05) is 6.92 Å². The van der Waals surface area contributed by atoms with E-state index in [4.69, 9.17) is 0 Å². The predicted octanol–water partition coefficient (Wildman–Crippen LogP) is 2.38. The van der Waals surface area contributed by atoms with Gasteiger partial charge in [0.2, 0.25) is 0 Å². The minimum absolute atomic E-state index is 0.944. The molecule has 1 aliphatic heterocycles. The van der Waals surface area contributed by atoms with E-state index in [2.05, 4.69) is 18.5 Å². The fourth-order valence-corrected chi connectivity index (χ4v) is 2.56. The van der Waals surface area contributed by atoms with E-state index in [-0.39, 0.29) is 0 Å². The number of thioether (sulfide) groups is 1. The van der Waals surface area contributed by atoms with Crippen molar-refractivity contribution in [1.82, 2.24) is 5.32 Å². The van der Waals surface area contributed by atoms with Crippen molar-refractivity contribution >= 4 is 11.8 Å². The summed E-state index contributed by atoms with van der Waals surface area (Å²) in [6, 6.07) is 0. The molecule has 0 spiro atoms. The Bertz CT molecular complexity index is 110. The summed E-state index contributed by atoms with van der Waals surface area (Å²) in [4.78, 5) is 0. The van der Waals surface area contributed by atoms with Gasteiger partial charge in [0, 0.05) is 0 Å². The van der Waals surface area contributed by atoms with Crippen molar-refractivity contribution in [2.45, 2.75) is 26.2 Å². The Morgan fingerprint density at radius 3 is 2.67 bits per heavy atom. The van der Waals surface area contributed by atoms with Crippen LogP contribution in [0.25, 0.3) is 0 Å². The van der Waals surface area contributed by atoms with Gasteiger partial charge < -0.3 is 5.32 Å². The summed E-state index contributed by atoms with van der Waals surface area (Å²) in [6.07, 6.45) is 6.41. The molecule has 0 amide bonds. The normalized spacial score (nSPS) is 22.5. The number of rotatable bonds is 4. The smallest absolute Gasteiger partial charge is 0.00462 e. The number of hydrogen-bond donors (Lipinski definition) is 1. The Morgan fingerprint density at radius 2 is 2.08 bits per heavy atom. The molecule has 0 aliphatic carbocycles. The van der Waals surface area contributed by atoms with Crippen LogP contribution in [0, 0.1) is 11.8 Å². The van der Waals surface area contributed by atoms with Crippen LogP contribution >= 0.6 is 11.8 Å². The molecule has 0 saturated carbocycles. The molecule has 12 heavy (non-hydrogen) atoms. The van der Waals surface area contributed by atoms with E-state index in [0.717, 1.165) is 11.8 Å². The molecule has 1 nitrogen and oxygen atoms in total. The van der Waals surface area contributed by atoms with Crippen molar-refractivity contribution in [3.05, 3.63) is 0 Å². The zero-order valence-corrected chi connectivity index (χ0v) is 9.12. The molecule has 0 aromatic heterocycles. The zero-order chi connectivity index (χ0) is 8.81. The van der Waals surface area contributed by atoms with Crippen molar-refractivity contribution in [2.24, 2.45) is 11.8 Å². The lowest BCUT2D eigenvalue weighted by atomic mass is 9.85. The standard InChI is InChI=1S/C10H21NS/c1-9(5-8-12-2)10-3-6-11-7-4-10/h9-11H,3-8H2,1-2H3. The second kappa shape index (κ2) is 5.87. The van der Waals surface area contributed by atoms with Crippen LogP contribution in [-0.2, 0) is 0 Å². The average molecular weight is 187 g/mol. The fraction of sp³-hybridized carbons (Fsp3) is 1.00. The largest absolute Gasteiger partial charge is 0.317 e. The molecule has 1 N–H and O–H groups in total. The van der Waals surface area contributed by atoms with E-state index in [1.165, 1.54) is 38.1 Å². The minimum atomic E-state index is 0.944. The van der Waals surface area contributed by atoms with Gasteiger partial charge in [0.25, 0.3) is 0 Å². The summed E-state index contributed by atoms with van der Waals surface area (Å²) >= 11 is 1.98. The van der Waals surface area contributed by atoms with Crippen LogP contribution in [0.15, 0.2) is 0 Å². The maximum atomic E-state index is 3.42. The maximum absolute atomic E-state index is 3.42. The van der Waals surface area contributed by atoms with Crippen molar-refractivity contribution in [2.75, 3.05) is 25.1 Å². The van der Waals surface area contributed by atoms with Crippen LogP contribution in [0.5, 0.6) is 0 Å². The van der Waals surface area contributed by atoms with Crippen LogP contribution in [-0.4, -0.2) is 25.1 Å². The Labute approximate surface area is 80.7 Å². The highest BCUT2D eigenvalue weighted by Gasteiger charge is 2.18. The third kappa shape index (κ3) is 3.36. The highest BCUT2D eigenvalue weighted by molar-refractivity contribution is 7.98. The van der Waals surface area contributed by atoms with E-state index < -0.39 is 0 Å². The van der Waals surface area contributed by atoms with Gasteiger partial charge in [-0.3, -0.25) is 0 Å². The van der Waals surface area contributed by atoms with Crippen molar-refractivity contribution in [3.63, 3.8) is 0 Å². The molecule has 0 aromatic rings. The maximum Gasteiger partial charge on any atom is -0.00462 e. The van der Waals surface area contributed by atoms with Gasteiger partial charge in [-0.2, -0.15) is 11.8 Å². The quantitative estimate of drug-likeness (QED) is 0.725. The van der Waals surface area contributed by atoms with Gasteiger partial charge in [-0.25, -0.2) is 0 Å². The van der Waals surface area contributed by atoms with E-state index in [0.29, 0.717) is 0 Å². The van der Waals surface area contributed by atoms with E-state index in [9.17, 15) is 0 Å². The average Bonchev–Trinajstić information content (AvgIpc) is 2.15. The Balaban J connectivity index is 2.15. The van der Waals surface area contributed by atoms with Crippen molar-refractivity contribution in [1.29, 1.82) is 0 Å². The van der Waals surface area contributed by atoms with Crippen LogP contribution in [0.3, 0.4) is 0 Å². The molecule has 1 saturated heterocycles. The van der Waals surface area contributed by atoms with Crippen molar-refractivity contribution in [3.8, 4) is 0 Å². The van der Waals surface area contributed by atoms with E-state index in [1.807, 2.05) is 11.8 Å². The second-order valence-electron chi connectivity index (χ2n) is 3.85. The summed E-state index contributed by atoms with van der Waals surface area (Å²) in [5, 5.41) is 3.42. The number of nitrogens with one attached hydrogen (secondary N) is 1. The lowest BCUT2D eigenvalue weighted by Crippen LogP contribution is -2.30. The third-order valence-electron chi connectivity index (χ3n) is 2.97. The van der Waals surface area contributed by atoms with Gasteiger partial charge in [-0.05, 0) is 56.2 Å². The molecule has 1 rings (SSSR count). The van der Waals surface area contributed by atoms with Gasteiger partial charge in [0.15, 0.2) is 0 Å². The summed E-state index contributed by atoms with van der Waals surface area (Å²) < 4.78 is 0. The van der Waals surface area contributed by atoms with Crippen LogP contribution in [0.4, 0.5) is 0 Å². The summed E-state index contributed by atoms with van der Waals surface area (Å²) in [5.41, 5.74) is 0. The molecule has 72 valence electrons. The SMILES string of the molecule is CSCCC(C)C1CCNCC1. The molecule has 1 heterocycles. The molecular formula is C10H21NS. The molecule has 1 fully saturated rings. The molecule has 0 radical (unpaired) electrons. The summed E-state index contributed by atoms with van der Waals surface area (Å²) in [7, 11) is 0. The minimum Gasteiger partial charge on any atom is -0.317 e. The first-order valence-electron chi connectivity index (χ1n) is 5.04. The zero-order valence-electron chi connectivity index (χ0n) is 8.31. The highest BCUT2D eigenvalue weighted by Crippen LogP contribution is 2.24. The van der Waals surface area contributed by atoms with Crippen LogP contribution in [0.1, 0.15) is 26.2 Å². The van der Waals surface area contributed by atoms with Crippen molar-refractivity contribution < 1.29 is 0 Å². The number of piperidine rings is 1. The van der Waals surface area contributed by atoms with Crippen LogP contribution < -0.4 is 5.32 Å². The van der Waals surface area contributed by atoms with E-state index in [1.54, 1.807) is 0 Å². The third-order valence-corrected chi connectivity index (χ3v) is 3.61. The van der Waals surface area contributed by atoms with Gasteiger partial charge in [-0.15, -0.1) is 0 Å². The lowest BCUT2D eigenvalue weighted by Gasteiger charge is -2.28. The van der Waals surface area contributed by atoms with Crippen LogP contribution in [0.2, 0.25) is 0 Å².